The third-order valence-electron chi connectivity index (χ3n) is 3.13. The summed E-state index contributed by atoms with van der Waals surface area (Å²) in [5.74, 6) is -6.25. The van der Waals surface area contributed by atoms with Crippen molar-refractivity contribution in [1.29, 1.82) is 0 Å². The lowest BCUT2D eigenvalue weighted by Gasteiger charge is -2.11. The van der Waals surface area contributed by atoms with Gasteiger partial charge in [0.2, 0.25) is 0 Å². The summed E-state index contributed by atoms with van der Waals surface area (Å²) in [5.41, 5.74) is 2.93. The van der Waals surface area contributed by atoms with E-state index in [1.165, 1.54) is 0 Å². The Morgan fingerprint density at radius 1 is 0.957 bits per heavy atom. The molecule has 2 aromatic rings. The molecule has 2 rings (SSSR count). The molecule has 5 nitrogen and oxygen atoms in total. The van der Waals surface area contributed by atoms with E-state index in [0.29, 0.717) is 6.07 Å². The topological polar surface area (TPSA) is 89.6 Å². The Hall–Kier alpha value is -3.03. The molecule has 0 spiro atoms. The zero-order valence-corrected chi connectivity index (χ0v) is 11.7. The van der Waals surface area contributed by atoms with E-state index < -0.39 is 51.6 Å². The number of carboxylic acid groups (broad SMARTS) is 1. The van der Waals surface area contributed by atoms with E-state index in [1.807, 2.05) is 0 Å². The van der Waals surface area contributed by atoms with Crippen LogP contribution in [0.2, 0.25) is 0 Å². The number of methoxy groups -OCH3 is 1. The second-order valence-electron chi connectivity index (χ2n) is 4.51. The fourth-order valence-electron chi connectivity index (χ4n) is 2.04. The van der Waals surface area contributed by atoms with Gasteiger partial charge in [0.05, 0.1) is 12.7 Å². The lowest BCUT2D eigenvalue weighted by atomic mass is 9.98. The molecule has 0 aromatic heterocycles. The van der Waals surface area contributed by atoms with E-state index in [-0.39, 0.29) is 5.75 Å². The summed E-state index contributed by atoms with van der Waals surface area (Å²) in [6.45, 7) is 0. The number of carbonyl (C=O) groups is 2. The molecule has 0 radical (unpaired) electrons. The Labute approximate surface area is 128 Å². The second kappa shape index (κ2) is 5.99. The largest absolute Gasteiger partial charge is 0.496 e. The van der Waals surface area contributed by atoms with Crippen molar-refractivity contribution < 1.29 is 32.6 Å². The van der Waals surface area contributed by atoms with Crippen LogP contribution in [0.3, 0.4) is 0 Å². The van der Waals surface area contributed by atoms with Crippen molar-refractivity contribution in [1.82, 2.24) is 0 Å². The number of amides is 1. The number of halogens is 3. The minimum atomic E-state index is -1.43. The van der Waals surface area contributed by atoms with Crippen LogP contribution in [0.15, 0.2) is 24.3 Å². The van der Waals surface area contributed by atoms with Gasteiger partial charge in [-0.2, -0.15) is 0 Å². The Morgan fingerprint density at radius 2 is 1.48 bits per heavy atom. The fraction of sp³-hybridized carbons (Fsp3) is 0.0667. The first-order valence-corrected chi connectivity index (χ1v) is 6.16. The summed E-state index contributed by atoms with van der Waals surface area (Å²) in [6.07, 6.45) is 0. The number of hydrogen-bond donors (Lipinski definition) is 2. The predicted molar refractivity (Wildman–Crippen MR) is 73.8 cm³/mol. The van der Waals surface area contributed by atoms with E-state index in [2.05, 4.69) is 0 Å². The number of benzene rings is 2. The highest BCUT2D eigenvalue weighted by Crippen LogP contribution is 2.32. The lowest BCUT2D eigenvalue weighted by Crippen LogP contribution is -2.14. The molecule has 120 valence electrons. The first-order chi connectivity index (χ1) is 10.8. The normalized spacial score (nSPS) is 10.4. The Kier molecular flexibility index (Phi) is 4.26. The number of carboxylic acids is 1. The molecule has 0 atom stereocenters. The number of rotatable bonds is 4. The highest BCUT2D eigenvalue weighted by molar-refractivity contribution is 5.96. The van der Waals surface area contributed by atoms with Crippen LogP contribution in [-0.2, 0) is 0 Å². The molecule has 8 heteroatoms. The number of primary amides is 1. The minimum Gasteiger partial charge on any atom is -0.496 e. The lowest BCUT2D eigenvalue weighted by molar-refractivity contribution is 0.0693. The van der Waals surface area contributed by atoms with Crippen molar-refractivity contribution in [2.45, 2.75) is 0 Å². The molecule has 0 aliphatic heterocycles. The van der Waals surface area contributed by atoms with Gasteiger partial charge in [0, 0.05) is 23.3 Å². The molecule has 0 aliphatic carbocycles. The van der Waals surface area contributed by atoms with E-state index in [4.69, 9.17) is 15.6 Å². The Bertz CT molecular complexity index is 821. The van der Waals surface area contributed by atoms with E-state index in [9.17, 15) is 22.8 Å². The maximum atomic E-state index is 14.1. The van der Waals surface area contributed by atoms with Gasteiger partial charge in [-0.15, -0.1) is 0 Å². The summed E-state index contributed by atoms with van der Waals surface area (Å²) in [4.78, 5) is 22.3. The molecule has 0 aliphatic rings. The molecule has 2 aromatic carbocycles. The minimum absolute atomic E-state index is 0.267. The molecule has 0 fully saturated rings. The number of nitrogens with two attached hydrogens (primary N) is 1. The van der Waals surface area contributed by atoms with Crippen LogP contribution < -0.4 is 10.5 Å². The van der Waals surface area contributed by atoms with Gasteiger partial charge in [-0.05, 0) is 12.1 Å². The maximum absolute atomic E-state index is 14.1. The van der Waals surface area contributed by atoms with E-state index >= 15 is 0 Å². The van der Waals surface area contributed by atoms with Gasteiger partial charge >= 0.3 is 5.97 Å². The zero-order chi connectivity index (χ0) is 17.3. The maximum Gasteiger partial charge on any atom is 0.339 e. The van der Waals surface area contributed by atoms with Crippen LogP contribution in [0.1, 0.15) is 20.7 Å². The number of ether oxygens (including phenoxy) is 1. The number of aromatic carboxylic acids is 1. The monoisotopic (exact) mass is 325 g/mol. The second-order valence-corrected chi connectivity index (χ2v) is 4.51. The van der Waals surface area contributed by atoms with E-state index in [1.54, 1.807) is 0 Å². The molecule has 23 heavy (non-hydrogen) atoms. The summed E-state index contributed by atoms with van der Waals surface area (Å²) < 4.78 is 46.3. The first-order valence-electron chi connectivity index (χ1n) is 6.16. The summed E-state index contributed by atoms with van der Waals surface area (Å²) in [5, 5.41) is 9.08. The van der Waals surface area contributed by atoms with Gasteiger partial charge in [0.1, 0.15) is 28.8 Å². The van der Waals surface area contributed by atoms with Crippen molar-refractivity contribution in [3.63, 3.8) is 0 Å². The van der Waals surface area contributed by atoms with Crippen LogP contribution >= 0.6 is 0 Å². The fourth-order valence-corrected chi connectivity index (χ4v) is 2.04. The van der Waals surface area contributed by atoms with Crippen molar-refractivity contribution in [3.05, 3.63) is 52.8 Å². The summed E-state index contributed by atoms with van der Waals surface area (Å²) in [6, 6.07) is 2.69. The van der Waals surface area contributed by atoms with Crippen LogP contribution in [0.25, 0.3) is 11.1 Å². The molecule has 0 unspecified atom stereocenters. The molecule has 0 bridgehead atoms. The third kappa shape index (κ3) is 2.96. The molecule has 0 saturated heterocycles. The Balaban J connectivity index is 2.76. The molecular formula is C15H10F3NO4. The number of hydrogen-bond acceptors (Lipinski definition) is 3. The van der Waals surface area contributed by atoms with Crippen molar-refractivity contribution in [3.8, 4) is 16.9 Å². The Morgan fingerprint density at radius 3 is 1.96 bits per heavy atom. The SMILES string of the molecule is COc1cc(F)c(-c2cc(C(N)=O)c(F)cc2F)cc1C(=O)O. The molecular weight excluding hydrogens is 315 g/mol. The van der Waals surface area contributed by atoms with Gasteiger partial charge in [-0.3, -0.25) is 4.79 Å². The summed E-state index contributed by atoms with van der Waals surface area (Å²) in [7, 11) is 1.14. The van der Waals surface area contributed by atoms with Crippen molar-refractivity contribution in [2.24, 2.45) is 5.73 Å². The standard InChI is InChI=1S/C15H10F3NO4/c1-23-13-5-12(18)7(3-9(13)15(21)22)6-2-8(14(19)20)11(17)4-10(6)16/h2-5H,1H3,(H2,19,20)(H,21,22). The van der Waals surface area contributed by atoms with Crippen LogP contribution in [0.4, 0.5) is 13.2 Å². The van der Waals surface area contributed by atoms with Gasteiger partial charge in [-0.1, -0.05) is 0 Å². The molecule has 3 N–H and O–H groups in total. The van der Waals surface area contributed by atoms with Crippen molar-refractivity contribution >= 4 is 11.9 Å². The van der Waals surface area contributed by atoms with Gasteiger partial charge in [0.15, 0.2) is 0 Å². The van der Waals surface area contributed by atoms with Gasteiger partial charge in [0.25, 0.3) is 5.91 Å². The highest BCUT2D eigenvalue weighted by atomic mass is 19.1. The smallest absolute Gasteiger partial charge is 0.339 e. The molecule has 1 amide bonds. The van der Waals surface area contributed by atoms with Crippen LogP contribution in [-0.4, -0.2) is 24.1 Å². The predicted octanol–water partition coefficient (Wildman–Crippen LogP) is 2.58. The molecule has 0 saturated carbocycles. The van der Waals surface area contributed by atoms with Crippen molar-refractivity contribution in [2.75, 3.05) is 7.11 Å². The van der Waals surface area contributed by atoms with Crippen LogP contribution in [0.5, 0.6) is 5.75 Å². The summed E-state index contributed by atoms with van der Waals surface area (Å²) >= 11 is 0. The quantitative estimate of drug-likeness (QED) is 0.904. The highest BCUT2D eigenvalue weighted by Gasteiger charge is 2.21. The first kappa shape index (κ1) is 16.3. The average molecular weight is 325 g/mol. The van der Waals surface area contributed by atoms with Crippen LogP contribution in [0, 0.1) is 17.5 Å². The van der Waals surface area contributed by atoms with E-state index in [0.717, 1.165) is 25.3 Å². The average Bonchev–Trinajstić information content (AvgIpc) is 2.46. The molecule has 0 heterocycles. The third-order valence-corrected chi connectivity index (χ3v) is 3.13. The van der Waals surface area contributed by atoms with Gasteiger partial charge in [-0.25, -0.2) is 18.0 Å². The number of carbonyl (C=O) groups excluding carboxylic acids is 1. The van der Waals surface area contributed by atoms with Gasteiger partial charge < -0.3 is 15.6 Å². The zero-order valence-electron chi connectivity index (χ0n) is 11.7.